The van der Waals surface area contributed by atoms with E-state index < -0.39 is 11.7 Å². The quantitative estimate of drug-likeness (QED) is 0.532. The molecule has 2 amide bonds. The van der Waals surface area contributed by atoms with E-state index in [1.165, 1.54) is 0 Å². The first-order chi connectivity index (χ1) is 14.0. The lowest BCUT2D eigenvalue weighted by Crippen LogP contribution is -2.56. The molecule has 0 unspecified atom stereocenters. The van der Waals surface area contributed by atoms with E-state index in [9.17, 15) is 14.4 Å². The van der Waals surface area contributed by atoms with Gasteiger partial charge >= 0.3 is 0 Å². The molecule has 1 N–H and O–H groups in total. The molecule has 0 saturated carbocycles. The van der Waals surface area contributed by atoms with Gasteiger partial charge in [-0.3, -0.25) is 14.4 Å². The van der Waals surface area contributed by atoms with Crippen molar-refractivity contribution in [2.75, 3.05) is 19.6 Å². The number of aromatic nitrogens is 1. The Kier molecular flexibility index (Phi) is 5.11. The van der Waals surface area contributed by atoms with Gasteiger partial charge in [0.25, 0.3) is 17.6 Å². The van der Waals surface area contributed by atoms with Crippen LogP contribution in [0.2, 0.25) is 5.02 Å². The van der Waals surface area contributed by atoms with Crippen LogP contribution in [-0.4, -0.2) is 58.1 Å². The summed E-state index contributed by atoms with van der Waals surface area (Å²) in [5.41, 5.74) is 1.66. The first kappa shape index (κ1) is 19.2. The van der Waals surface area contributed by atoms with Crippen molar-refractivity contribution in [3.05, 3.63) is 70.9 Å². The van der Waals surface area contributed by atoms with Crippen LogP contribution in [0, 0.1) is 0 Å². The van der Waals surface area contributed by atoms with E-state index in [4.69, 9.17) is 11.6 Å². The Hall–Kier alpha value is -3.12. The zero-order valence-electron chi connectivity index (χ0n) is 15.9. The summed E-state index contributed by atoms with van der Waals surface area (Å²) in [7, 11) is 0. The molecule has 2 heterocycles. The molecule has 1 atom stereocenters. The molecule has 0 bridgehead atoms. The van der Waals surface area contributed by atoms with Gasteiger partial charge in [-0.2, -0.15) is 0 Å². The summed E-state index contributed by atoms with van der Waals surface area (Å²) in [6, 6.07) is 13.9. The highest BCUT2D eigenvalue weighted by molar-refractivity contribution is 6.45. The SMILES string of the molecule is C[C@@H]1CN(C(=O)c2ccccc2)CCN1C(=O)C(=O)c1c[nH]c2cc(Cl)ccc12. The summed E-state index contributed by atoms with van der Waals surface area (Å²) in [5, 5.41) is 1.22. The van der Waals surface area contributed by atoms with Crippen LogP contribution in [0.1, 0.15) is 27.6 Å². The zero-order chi connectivity index (χ0) is 20.5. The third kappa shape index (κ3) is 3.63. The van der Waals surface area contributed by atoms with Crippen molar-refractivity contribution < 1.29 is 14.4 Å². The number of ketones is 1. The van der Waals surface area contributed by atoms with Crippen molar-refractivity contribution in [1.29, 1.82) is 0 Å². The number of halogens is 1. The van der Waals surface area contributed by atoms with E-state index in [1.54, 1.807) is 46.3 Å². The van der Waals surface area contributed by atoms with Crippen LogP contribution in [0.5, 0.6) is 0 Å². The van der Waals surface area contributed by atoms with E-state index >= 15 is 0 Å². The van der Waals surface area contributed by atoms with Crippen molar-refractivity contribution in [2.24, 2.45) is 0 Å². The van der Waals surface area contributed by atoms with Crippen molar-refractivity contribution in [3.8, 4) is 0 Å². The van der Waals surface area contributed by atoms with Gasteiger partial charge in [-0.15, -0.1) is 0 Å². The van der Waals surface area contributed by atoms with E-state index in [1.807, 2.05) is 25.1 Å². The van der Waals surface area contributed by atoms with Crippen LogP contribution in [-0.2, 0) is 4.79 Å². The highest BCUT2D eigenvalue weighted by Crippen LogP contribution is 2.23. The van der Waals surface area contributed by atoms with Gasteiger partial charge in [0.2, 0.25) is 0 Å². The van der Waals surface area contributed by atoms with Gasteiger partial charge in [0.1, 0.15) is 0 Å². The largest absolute Gasteiger partial charge is 0.360 e. The summed E-state index contributed by atoms with van der Waals surface area (Å²) in [5.74, 6) is -1.18. The molecule has 3 aromatic rings. The average molecular weight is 410 g/mol. The fraction of sp³-hybridized carbons (Fsp3) is 0.227. The number of rotatable bonds is 3. The van der Waals surface area contributed by atoms with E-state index in [0.717, 1.165) is 0 Å². The Morgan fingerprint density at radius 1 is 1.07 bits per heavy atom. The number of carbonyl (C=O) groups is 3. The molecule has 1 saturated heterocycles. The van der Waals surface area contributed by atoms with Crippen LogP contribution in [0.15, 0.2) is 54.7 Å². The van der Waals surface area contributed by atoms with Gasteiger partial charge in [0.15, 0.2) is 0 Å². The Morgan fingerprint density at radius 3 is 2.55 bits per heavy atom. The van der Waals surface area contributed by atoms with Gasteiger partial charge < -0.3 is 14.8 Å². The predicted octanol–water partition coefficient (Wildman–Crippen LogP) is 3.38. The fourth-order valence-corrected chi connectivity index (χ4v) is 3.91. The van der Waals surface area contributed by atoms with E-state index in [2.05, 4.69) is 4.98 Å². The van der Waals surface area contributed by atoms with Crippen LogP contribution >= 0.6 is 11.6 Å². The van der Waals surface area contributed by atoms with Crippen LogP contribution in [0.4, 0.5) is 0 Å². The highest BCUT2D eigenvalue weighted by Gasteiger charge is 2.34. The second-order valence-corrected chi connectivity index (χ2v) is 7.62. The molecule has 6 nitrogen and oxygen atoms in total. The number of amides is 2. The fourth-order valence-electron chi connectivity index (χ4n) is 3.74. The van der Waals surface area contributed by atoms with Gasteiger partial charge in [-0.05, 0) is 31.2 Å². The number of hydrogen-bond acceptors (Lipinski definition) is 3. The standard InChI is InChI=1S/C22H20ClN3O3/c1-14-13-25(21(28)15-5-3-2-4-6-15)9-10-26(14)22(29)20(27)18-12-24-19-11-16(23)7-8-17(18)19/h2-8,11-12,14,24H,9-10,13H2,1H3/t14-/m1/s1. The van der Waals surface area contributed by atoms with E-state index in [0.29, 0.717) is 46.7 Å². The van der Waals surface area contributed by atoms with Crippen LogP contribution < -0.4 is 0 Å². The van der Waals surface area contributed by atoms with Gasteiger partial charge in [0, 0.05) is 53.4 Å². The lowest BCUT2D eigenvalue weighted by atomic mass is 10.1. The maximum atomic E-state index is 12.9. The van der Waals surface area contributed by atoms with Crippen molar-refractivity contribution >= 4 is 40.1 Å². The van der Waals surface area contributed by atoms with Gasteiger partial charge in [-0.1, -0.05) is 35.9 Å². The van der Waals surface area contributed by atoms with Crippen molar-refractivity contribution in [1.82, 2.24) is 14.8 Å². The Bertz CT molecular complexity index is 1090. The Balaban J connectivity index is 1.48. The minimum absolute atomic E-state index is 0.0654. The molecule has 1 aliphatic heterocycles. The minimum Gasteiger partial charge on any atom is -0.360 e. The Morgan fingerprint density at radius 2 is 1.83 bits per heavy atom. The second-order valence-electron chi connectivity index (χ2n) is 7.19. The number of Topliss-reactive ketones (excluding diaryl/α,β-unsaturated/α-hetero) is 1. The number of piperazine rings is 1. The number of benzene rings is 2. The third-order valence-electron chi connectivity index (χ3n) is 5.28. The van der Waals surface area contributed by atoms with Crippen molar-refractivity contribution in [2.45, 2.75) is 13.0 Å². The molecule has 7 heteroatoms. The maximum Gasteiger partial charge on any atom is 0.295 e. The monoisotopic (exact) mass is 409 g/mol. The smallest absolute Gasteiger partial charge is 0.295 e. The molecule has 1 aliphatic rings. The molecule has 0 radical (unpaired) electrons. The summed E-state index contributed by atoms with van der Waals surface area (Å²) < 4.78 is 0. The number of nitrogens with one attached hydrogen (secondary N) is 1. The topological polar surface area (TPSA) is 73.5 Å². The molecule has 148 valence electrons. The number of fused-ring (bicyclic) bond motifs is 1. The molecule has 29 heavy (non-hydrogen) atoms. The third-order valence-corrected chi connectivity index (χ3v) is 5.51. The predicted molar refractivity (Wildman–Crippen MR) is 111 cm³/mol. The Labute approximate surface area is 173 Å². The lowest BCUT2D eigenvalue weighted by Gasteiger charge is -2.39. The van der Waals surface area contributed by atoms with Crippen LogP contribution in [0.25, 0.3) is 10.9 Å². The van der Waals surface area contributed by atoms with E-state index in [-0.39, 0.29) is 11.9 Å². The number of carbonyl (C=O) groups excluding carboxylic acids is 3. The maximum absolute atomic E-state index is 12.9. The minimum atomic E-state index is -0.562. The zero-order valence-corrected chi connectivity index (χ0v) is 16.6. The molecular weight excluding hydrogens is 390 g/mol. The molecule has 0 aliphatic carbocycles. The molecule has 0 spiro atoms. The molecule has 4 rings (SSSR count). The summed E-state index contributed by atoms with van der Waals surface area (Å²) in [4.78, 5) is 44.7. The second kappa shape index (κ2) is 7.72. The molecule has 1 aromatic heterocycles. The number of aromatic amines is 1. The number of H-pyrrole nitrogens is 1. The summed E-state index contributed by atoms with van der Waals surface area (Å²) >= 11 is 5.98. The molecular formula is C22H20ClN3O3. The first-order valence-electron chi connectivity index (χ1n) is 9.42. The summed E-state index contributed by atoms with van der Waals surface area (Å²) in [6.45, 7) is 2.94. The summed E-state index contributed by atoms with van der Waals surface area (Å²) in [6.07, 6.45) is 1.54. The normalized spacial score (nSPS) is 16.8. The number of hydrogen-bond donors (Lipinski definition) is 1. The first-order valence-corrected chi connectivity index (χ1v) is 9.80. The van der Waals surface area contributed by atoms with Crippen molar-refractivity contribution in [3.63, 3.8) is 0 Å². The van der Waals surface area contributed by atoms with Gasteiger partial charge in [0.05, 0.1) is 5.56 Å². The van der Waals surface area contributed by atoms with Gasteiger partial charge in [-0.25, -0.2) is 0 Å². The molecule has 2 aromatic carbocycles. The number of nitrogens with zero attached hydrogens (tertiary/aromatic N) is 2. The van der Waals surface area contributed by atoms with Crippen LogP contribution in [0.3, 0.4) is 0 Å². The molecule has 1 fully saturated rings. The highest BCUT2D eigenvalue weighted by atomic mass is 35.5. The lowest BCUT2D eigenvalue weighted by molar-refractivity contribution is -0.130. The average Bonchev–Trinajstić information content (AvgIpc) is 3.15.